The van der Waals surface area contributed by atoms with Crippen molar-refractivity contribution in [3.63, 3.8) is 0 Å². The summed E-state index contributed by atoms with van der Waals surface area (Å²) in [4.78, 5) is 27.4. The summed E-state index contributed by atoms with van der Waals surface area (Å²) >= 11 is 0. The number of nitrogens with zero attached hydrogens (tertiary/aromatic N) is 1. The molecule has 0 spiro atoms. The van der Waals surface area contributed by atoms with Crippen LogP contribution in [0, 0.1) is 12.7 Å². The number of carbonyl (C=O) groups is 2. The van der Waals surface area contributed by atoms with Gasteiger partial charge < -0.3 is 10.1 Å². The zero-order valence-corrected chi connectivity index (χ0v) is 16.5. The minimum absolute atomic E-state index is 0.0837. The lowest BCUT2D eigenvalue weighted by Gasteiger charge is -2.16. The predicted octanol–water partition coefficient (Wildman–Crippen LogP) is 4.54. The standard InChI is InChI=1S/C24H19FN2O3/c1-15-6-5-7-17(14-15)26-22-21(16-10-12-18(30-2)13-11-16)23(28)27(24(22)29)20-9-4-3-8-19(20)25/h3-14,26H,1-2H3. The Morgan fingerprint density at radius 2 is 1.63 bits per heavy atom. The molecular formula is C24H19FN2O3. The number of para-hydroxylation sites is 1. The number of hydrogen-bond donors (Lipinski definition) is 1. The number of amides is 2. The molecule has 0 unspecified atom stereocenters. The van der Waals surface area contributed by atoms with E-state index in [1.54, 1.807) is 43.5 Å². The quantitative estimate of drug-likeness (QED) is 0.637. The van der Waals surface area contributed by atoms with Crippen molar-refractivity contribution < 1.29 is 18.7 Å². The summed E-state index contributed by atoms with van der Waals surface area (Å²) in [5, 5.41) is 3.07. The fourth-order valence-electron chi connectivity index (χ4n) is 3.39. The molecule has 1 aliphatic heterocycles. The van der Waals surface area contributed by atoms with E-state index in [1.165, 1.54) is 18.2 Å². The number of benzene rings is 3. The van der Waals surface area contributed by atoms with Gasteiger partial charge in [0, 0.05) is 5.69 Å². The van der Waals surface area contributed by atoms with Crippen LogP contribution in [0.5, 0.6) is 5.75 Å². The van der Waals surface area contributed by atoms with Crippen LogP contribution in [0.1, 0.15) is 11.1 Å². The molecule has 0 bridgehead atoms. The van der Waals surface area contributed by atoms with E-state index in [1.807, 2.05) is 25.1 Å². The molecule has 3 aromatic carbocycles. The van der Waals surface area contributed by atoms with Gasteiger partial charge in [-0.3, -0.25) is 9.59 Å². The van der Waals surface area contributed by atoms with Gasteiger partial charge in [-0.05, 0) is 54.4 Å². The van der Waals surface area contributed by atoms with Crippen LogP contribution in [-0.4, -0.2) is 18.9 Å². The van der Waals surface area contributed by atoms with Gasteiger partial charge in [0.2, 0.25) is 0 Å². The Labute approximate surface area is 173 Å². The molecule has 1 aliphatic rings. The molecule has 6 heteroatoms. The number of carbonyl (C=O) groups excluding carboxylic acids is 2. The summed E-state index contributed by atoms with van der Waals surface area (Å²) in [7, 11) is 1.54. The lowest BCUT2D eigenvalue weighted by molar-refractivity contribution is -0.120. The van der Waals surface area contributed by atoms with E-state index < -0.39 is 17.6 Å². The fourth-order valence-corrected chi connectivity index (χ4v) is 3.39. The topological polar surface area (TPSA) is 58.6 Å². The minimum Gasteiger partial charge on any atom is -0.497 e. The Kier molecular flexibility index (Phi) is 5.06. The van der Waals surface area contributed by atoms with Crippen molar-refractivity contribution in [3.8, 4) is 5.75 Å². The summed E-state index contributed by atoms with van der Waals surface area (Å²) in [6, 6.07) is 20.0. The molecule has 0 radical (unpaired) electrons. The average molecular weight is 402 g/mol. The third kappa shape index (κ3) is 3.43. The van der Waals surface area contributed by atoms with Crippen LogP contribution in [0.25, 0.3) is 5.57 Å². The van der Waals surface area contributed by atoms with E-state index in [0.717, 1.165) is 10.5 Å². The van der Waals surface area contributed by atoms with Gasteiger partial charge in [0.25, 0.3) is 11.8 Å². The summed E-state index contributed by atoms with van der Waals surface area (Å²) in [6.45, 7) is 1.93. The summed E-state index contributed by atoms with van der Waals surface area (Å²) in [5.74, 6) is -1.23. The number of methoxy groups -OCH3 is 1. The molecule has 0 saturated carbocycles. The lowest BCUT2D eigenvalue weighted by Crippen LogP contribution is -2.33. The van der Waals surface area contributed by atoms with Gasteiger partial charge in [-0.1, -0.05) is 36.4 Å². The Morgan fingerprint density at radius 1 is 0.900 bits per heavy atom. The van der Waals surface area contributed by atoms with Crippen molar-refractivity contribution in [1.29, 1.82) is 0 Å². The molecule has 0 aromatic heterocycles. The first-order valence-electron chi connectivity index (χ1n) is 9.35. The van der Waals surface area contributed by atoms with Crippen LogP contribution in [-0.2, 0) is 9.59 Å². The molecule has 0 aliphatic carbocycles. The number of halogens is 1. The number of imide groups is 1. The van der Waals surface area contributed by atoms with Crippen molar-refractivity contribution in [2.24, 2.45) is 0 Å². The zero-order chi connectivity index (χ0) is 21.3. The maximum Gasteiger partial charge on any atom is 0.282 e. The molecule has 4 rings (SSSR count). The third-order valence-electron chi connectivity index (χ3n) is 4.84. The van der Waals surface area contributed by atoms with Gasteiger partial charge in [-0.15, -0.1) is 0 Å². The molecular weight excluding hydrogens is 383 g/mol. The normalized spacial score (nSPS) is 13.8. The number of nitrogens with one attached hydrogen (secondary N) is 1. The molecule has 0 atom stereocenters. The van der Waals surface area contributed by atoms with Gasteiger partial charge in [0.1, 0.15) is 17.3 Å². The maximum atomic E-state index is 14.4. The molecule has 5 nitrogen and oxygen atoms in total. The molecule has 150 valence electrons. The molecule has 30 heavy (non-hydrogen) atoms. The molecule has 1 heterocycles. The number of aryl methyl sites for hydroxylation is 1. The highest BCUT2D eigenvalue weighted by Crippen LogP contribution is 2.35. The maximum absolute atomic E-state index is 14.4. The summed E-state index contributed by atoms with van der Waals surface area (Å²) < 4.78 is 19.6. The van der Waals surface area contributed by atoms with Gasteiger partial charge in [0.05, 0.1) is 18.4 Å². The van der Waals surface area contributed by atoms with Crippen molar-refractivity contribution in [3.05, 3.63) is 95.4 Å². The van der Waals surface area contributed by atoms with Crippen LogP contribution >= 0.6 is 0 Å². The first-order valence-corrected chi connectivity index (χ1v) is 9.35. The SMILES string of the molecule is COc1ccc(C2=C(Nc3cccc(C)c3)C(=O)N(c3ccccc3F)C2=O)cc1. The molecule has 3 aromatic rings. The van der Waals surface area contributed by atoms with Gasteiger partial charge in [0.15, 0.2) is 0 Å². The van der Waals surface area contributed by atoms with Crippen molar-refractivity contribution >= 4 is 28.8 Å². The molecule has 0 fully saturated rings. The lowest BCUT2D eigenvalue weighted by atomic mass is 10.0. The first-order chi connectivity index (χ1) is 14.5. The second-order valence-electron chi connectivity index (χ2n) is 6.87. The van der Waals surface area contributed by atoms with E-state index in [-0.39, 0.29) is 17.0 Å². The van der Waals surface area contributed by atoms with Crippen LogP contribution in [0.15, 0.2) is 78.5 Å². The Bertz CT molecular complexity index is 1170. The average Bonchev–Trinajstić information content (AvgIpc) is 2.98. The fraction of sp³-hybridized carbons (Fsp3) is 0.0833. The second kappa shape index (κ2) is 7.83. The van der Waals surface area contributed by atoms with E-state index in [4.69, 9.17) is 4.74 Å². The van der Waals surface area contributed by atoms with Crippen molar-refractivity contribution in [2.45, 2.75) is 6.92 Å². The van der Waals surface area contributed by atoms with Crippen molar-refractivity contribution in [2.75, 3.05) is 17.3 Å². The monoisotopic (exact) mass is 402 g/mol. The Hall–Kier alpha value is -3.93. The molecule has 2 amide bonds. The number of rotatable bonds is 5. The first kappa shape index (κ1) is 19.4. The molecule has 1 N–H and O–H groups in total. The van der Waals surface area contributed by atoms with Gasteiger partial charge in [-0.25, -0.2) is 9.29 Å². The van der Waals surface area contributed by atoms with Crippen LogP contribution in [0.2, 0.25) is 0 Å². The van der Waals surface area contributed by atoms with E-state index in [2.05, 4.69) is 5.32 Å². The highest BCUT2D eigenvalue weighted by Gasteiger charge is 2.41. The highest BCUT2D eigenvalue weighted by atomic mass is 19.1. The smallest absolute Gasteiger partial charge is 0.282 e. The van der Waals surface area contributed by atoms with Crippen molar-refractivity contribution in [1.82, 2.24) is 0 Å². The van der Waals surface area contributed by atoms with Crippen LogP contribution in [0.4, 0.5) is 15.8 Å². The van der Waals surface area contributed by atoms with E-state index in [9.17, 15) is 14.0 Å². The number of ether oxygens (including phenoxy) is 1. The summed E-state index contributed by atoms with van der Waals surface area (Å²) in [5.41, 5.74) is 2.37. The van der Waals surface area contributed by atoms with Crippen LogP contribution in [0.3, 0.4) is 0 Å². The highest BCUT2D eigenvalue weighted by molar-refractivity contribution is 6.46. The number of hydrogen-bond acceptors (Lipinski definition) is 4. The van der Waals surface area contributed by atoms with E-state index >= 15 is 0 Å². The second-order valence-corrected chi connectivity index (χ2v) is 6.87. The largest absolute Gasteiger partial charge is 0.497 e. The molecule has 0 saturated heterocycles. The van der Waals surface area contributed by atoms with E-state index in [0.29, 0.717) is 17.0 Å². The third-order valence-corrected chi connectivity index (χ3v) is 4.84. The Morgan fingerprint density at radius 3 is 2.30 bits per heavy atom. The number of anilines is 2. The van der Waals surface area contributed by atoms with Gasteiger partial charge in [-0.2, -0.15) is 0 Å². The predicted molar refractivity (Wildman–Crippen MR) is 114 cm³/mol. The Balaban J connectivity index is 1.84. The van der Waals surface area contributed by atoms with Crippen LogP contribution < -0.4 is 15.0 Å². The zero-order valence-electron chi connectivity index (χ0n) is 16.5. The summed E-state index contributed by atoms with van der Waals surface area (Å²) in [6.07, 6.45) is 0. The minimum atomic E-state index is -0.648. The van der Waals surface area contributed by atoms with Gasteiger partial charge >= 0.3 is 0 Å².